The molecule has 4 aliphatic rings. The van der Waals surface area contributed by atoms with Gasteiger partial charge < -0.3 is 4.74 Å². The van der Waals surface area contributed by atoms with E-state index in [1.54, 1.807) is 14.2 Å². The summed E-state index contributed by atoms with van der Waals surface area (Å²) in [4.78, 5) is 5.68. The SMILES string of the molecule is COC1=C2C3=C(CC=C4C=CCC(=C42)CN1OC)CC(Cc1ccccc1)C=C3. The van der Waals surface area contributed by atoms with Gasteiger partial charge in [-0.3, -0.25) is 4.84 Å². The van der Waals surface area contributed by atoms with Gasteiger partial charge in [0.15, 0.2) is 0 Å². The van der Waals surface area contributed by atoms with Crippen LogP contribution >= 0.6 is 0 Å². The summed E-state index contributed by atoms with van der Waals surface area (Å²) in [7, 11) is 3.47. The number of allylic oxidation sites excluding steroid dienone is 10. The second-order valence-corrected chi connectivity index (χ2v) is 8.08. The second-order valence-electron chi connectivity index (χ2n) is 8.08. The lowest BCUT2D eigenvalue weighted by Crippen LogP contribution is -2.32. The van der Waals surface area contributed by atoms with Crippen LogP contribution in [-0.2, 0) is 16.0 Å². The Hall–Kier alpha value is -2.78. The molecule has 5 rings (SSSR count). The summed E-state index contributed by atoms with van der Waals surface area (Å²) in [5.74, 6) is 1.36. The third-order valence-electron chi connectivity index (χ3n) is 6.35. The zero-order valence-electron chi connectivity index (χ0n) is 17.2. The number of nitrogens with zero attached hydrogens (tertiary/aromatic N) is 1. The molecule has 0 saturated carbocycles. The first-order valence-corrected chi connectivity index (χ1v) is 10.4. The van der Waals surface area contributed by atoms with Crippen LogP contribution < -0.4 is 0 Å². The molecule has 3 nitrogen and oxygen atoms in total. The molecule has 1 heterocycles. The summed E-state index contributed by atoms with van der Waals surface area (Å²) in [6.07, 6.45) is 15.8. The Morgan fingerprint density at radius 3 is 2.66 bits per heavy atom. The van der Waals surface area contributed by atoms with E-state index < -0.39 is 0 Å². The van der Waals surface area contributed by atoms with Crippen LogP contribution in [0.3, 0.4) is 0 Å². The van der Waals surface area contributed by atoms with Gasteiger partial charge in [0, 0.05) is 0 Å². The van der Waals surface area contributed by atoms with Crippen LogP contribution in [0.1, 0.15) is 24.8 Å². The highest BCUT2D eigenvalue weighted by Gasteiger charge is 2.35. The van der Waals surface area contributed by atoms with Crippen LogP contribution in [0, 0.1) is 5.92 Å². The third kappa shape index (κ3) is 3.20. The molecule has 1 aromatic rings. The van der Waals surface area contributed by atoms with Gasteiger partial charge in [0.05, 0.1) is 26.3 Å². The number of hydrogen-bond donors (Lipinski definition) is 0. The first-order valence-electron chi connectivity index (χ1n) is 10.4. The van der Waals surface area contributed by atoms with E-state index in [0.29, 0.717) is 5.92 Å². The molecule has 0 fully saturated rings. The zero-order chi connectivity index (χ0) is 19.8. The van der Waals surface area contributed by atoms with Crippen molar-refractivity contribution in [2.45, 2.75) is 25.7 Å². The van der Waals surface area contributed by atoms with Gasteiger partial charge in [-0.2, -0.15) is 0 Å². The number of ether oxygens (including phenoxy) is 1. The van der Waals surface area contributed by atoms with Crippen molar-refractivity contribution in [3.05, 3.63) is 106 Å². The average Bonchev–Trinajstić information content (AvgIpc) is 2.93. The van der Waals surface area contributed by atoms with E-state index >= 15 is 0 Å². The summed E-state index contributed by atoms with van der Waals surface area (Å²) < 4.78 is 5.88. The van der Waals surface area contributed by atoms with Crippen LogP contribution in [0.25, 0.3) is 0 Å². The fourth-order valence-electron chi connectivity index (χ4n) is 5.02. The quantitative estimate of drug-likeness (QED) is 0.690. The summed E-state index contributed by atoms with van der Waals surface area (Å²) in [6, 6.07) is 10.8. The molecular formula is C26H27NO2. The first kappa shape index (κ1) is 18.3. The monoisotopic (exact) mass is 385 g/mol. The van der Waals surface area contributed by atoms with E-state index in [1.165, 1.54) is 39.0 Å². The number of rotatable bonds is 4. The number of benzene rings is 1. The highest BCUT2D eigenvalue weighted by atomic mass is 16.7. The molecule has 1 unspecified atom stereocenters. The average molecular weight is 386 g/mol. The fraction of sp³-hybridized carbons (Fsp3) is 0.308. The van der Waals surface area contributed by atoms with Crippen LogP contribution in [-0.4, -0.2) is 25.8 Å². The van der Waals surface area contributed by atoms with Gasteiger partial charge >= 0.3 is 0 Å². The van der Waals surface area contributed by atoms with Crippen molar-refractivity contribution in [3.63, 3.8) is 0 Å². The van der Waals surface area contributed by atoms with Gasteiger partial charge in [0.25, 0.3) is 0 Å². The van der Waals surface area contributed by atoms with Crippen molar-refractivity contribution < 1.29 is 9.57 Å². The highest BCUT2D eigenvalue weighted by molar-refractivity contribution is 5.70. The Balaban J connectivity index is 1.56. The summed E-state index contributed by atoms with van der Waals surface area (Å²) in [5, 5.41) is 1.89. The predicted molar refractivity (Wildman–Crippen MR) is 116 cm³/mol. The molecule has 0 bridgehead atoms. The lowest BCUT2D eigenvalue weighted by Gasteiger charge is -2.35. The highest BCUT2D eigenvalue weighted by Crippen LogP contribution is 2.46. The van der Waals surface area contributed by atoms with Crippen LogP contribution in [0.5, 0.6) is 0 Å². The molecule has 29 heavy (non-hydrogen) atoms. The Kier molecular flexibility index (Phi) is 4.76. The van der Waals surface area contributed by atoms with E-state index in [9.17, 15) is 0 Å². The molecule has 0 aromatic heterocycles. The van der Waals surface area contributed by atoms with Crippen LogP contribution in [0.2, 0.25) is 0 Å². The minimum absolute atomic E-state index is 0.535. The fourth-order valence-corrected chi connectivity index (χ4v) is 5.02. The molecule has 148 valence electrons. The molecule has 0 N–H and O–H groups in total. The number of hydrogen-bond acceptors (Lipinski definition) is 3. The molecule has 3 heteroatoms. The maximum absolute atomic E-state index is 5.88. The number of methoxy groups -OCH3 is 1. The molecular weight excluding hydrogens is 358 g/mol. The molecule has 0 spiro atoms. The Bertz CT molecular complexity index is 1000. The van der Waals surface area contributed by atoms with E-state index in [4.69, 9.17) is 9.57 Å². The van der Waals surface area contributed by atoms with E-state index in [2.05, 4.69) is 60.7 Å². The van der Waals surface area contributed by atoms with Gasteiger partial charge in [0.1, 0.15) is 0 Å². The first-order chi connectivity index (χ1) is 14.3. The Morgan fingerprint density at radius 1 is 1.00 bits per heavy atom. The topological polar surface area (TPSA) is 21.7 Å². The van der Waals surface area contributed by atoms with Crippen molar-refractivity contribution in [3.8, 4) is 0 Å². The lowest BCUT2D eigenvalue weighted by atomic mass is 9.79. The van der Waals surface area contributed by atoms with Crippen molar-refractivity contribution >= 4 is 0 Å². The lowest BCUT2D eigenvalue weighted by molar-refractivity contribution is -0.132. The van der Waals surface area contributed by atoms with Crippen molar-refractivity contribution in [2.75, 3.05) is 20.8 Å². The van der Waals surface area contributed by atoms with Crippen molar-refractivity contribution in [1.29, 1.82) is 0 Å². The minimum atomic E-state index is 0.535. The van der Waals surface area contributed by atoms with Gasteiger partial charge in [-0.25, -0.2) is 5.06 Å². The predicted octanol–water partition coefficient (Wildman–Crippen LogP) is 5.42. The Morgan fingerprint density at radius 2 is 1.86 bits per heavy atom. The minimum Gasteiger partial charge on any atom is -0.480 e. The van der Waals surface area contributed by atoms with Gasteiger partial charge in [0.2, 0.25) is 5.88 Å². The maximum atomic E-state index is 5.88. The molecule has 0 radical (unpaired) electrons. The molecule has 1 aliphatic heterocycles. The number of fused-ring (bicyclic) bond motifs is 1. The van der Waals surface area contributed by atoms with Crippen molar-refractivity contribution in [2.24, 2.45) is 5.92 Å². The van der Waals surface area contributed by atoms with Gasteiger partial charge in [-0.1, -0.05) is 66.3 Å². The van der Waals surface area contributed by atoms with Gasteiger partial charge in [-0.15, -0.1) is 0 Å². The van der Waals surface area contributed by atoms with E-state index in [1.807, 2.05) is 5.06 Å². The number of hydroxylamine groups is 2. The summed E-state index contributed by atoms with van der Waals surface area (Å²) in [6.45, 7) is 0.753. The molecule has 1 aromatic carbocycles. The normalized spacial score (nSPS) is 23.0. The molecule has 1 atom stereocenters. The molecule has 3 aliphatic carbocycles. The third-order valence-corrected chi connectivity index (χ3v) is 6.35. The van der Waals surface area contributed by atoms with Gasteiger partial charge in [-0.05, 0) is 59.5 Å². The second kappa shape index (κ2) is 7.57. The maximum Gasteiger partial charge on any atom is 0.222 e. The molecule has 0 amide bonds. The summed E-state index contributed by atoms with van der Waals surface area (Å²) in [5.41, 5.74) is 9.51. The summed E-state index contributed by atoms with van der Waals surface area (Å²) >= 11 is 0. The van der Waals surface area contributed by atoms with E-state index in [0.717, 1.165) is 38.1 Å². The van der Waals surface area contributed by atoms with Crippen LogP contribution in [0.4, 0.5) is 0 Å². The zero-order valence-corrected chi connectivity index (χ0v) is 17.2. The van der Waals surface area contributed by atoms with E-state index in [-0.39, 0.29) is 0 Å². The molecule has 0 saturated heterocycles. The largest absolute Gasteiger partial charge is 0.480 e. The van der Waals surface area contributed by atoms with Crippen molar-refractivity contribution in [1.82, 2.24) is 5.06 Å². The smallest absolute Gasteiger partial charge is 0.222 e. The Labute approximate surface area is 173 Å². The standard InChI is InChI=1S/C26H27NO2/c1-28-26-25-23-14-11-19(15-18-7-4-3-5-8-18)16-21(23)13-12-20-9-6-10-22(24(20)25)17-27(26)29-2/h3-9,11-12,14,19H,10,13,15-17H2,1-2H3. The van der Waals surface area contributed by atoms with Crippen LogP contribution in [0.15, 0.2) is 100 Å².